The van der Waals surface area contributed by atoms with Crippen molar-refractivity contribution in [1.29, 1.82) is 0 Å². The molecule has 0 aliphatic carbocycles. The third-order valence-corrected chi connectivity index (χ3v) is 4.62. The number of ether oxygens (including phenoxy) is 2. The monoisotopic (exact) mass is 373 g/mol. The fourth-order valence-corrected chi connectivity index (χ4v) is 3.05. The van der Waals surface area contributed by atoms with Gasteiger partial charge in [-0.3, -0.25) is 4.79 Å². The van der Waals surface area contributed by atoms with Gasteiger partial charge in [-0.15, -0.1) is 10.2 Å². The second kappa shape index (κ2) is 7.12. The lowest BCUT2D eigenvalue weighted by atomic mass is 10.2. The van der Waals surface area contributed by atoms with E-state index in [0.717, 1.165) is 5.56 Å². The first kappa shape index (κ1) is 16.5. The van der Waals surface area contributed by atoms with E-state index in [0.29, 0.717) is 29.0 Å². The van der Waals surface area contributed by atoms with Crippen LogP contribution in [-0.4, -0.2) is 28.1 Å². The van der Waals surface area contributed by atoms with E-state index in [9.17, 15) is 4.79 Å². The highest BCUT2D eigenvalue weighted by atomic mass is 32.2. The van der Waals surface area contributed by atoms with E-state index in [4.69, 9.17) is 18.3 Å². The molecule has 1 aromatic carbocycles. The third kappa shape index (κ3) is 3.52. The van der Waals surface area contributed by atoms with Crippen molar-refractivity contribution < 1.29 is 23.1 Å². The highest BCUT2D eigenvalue weighted by molar-refractivity contribution is 8.00. The van der Waals surface area contributed by atoms with Crippen molar-refractivity contribution in [3.63, 3.8) is 0 Å². The molecule has 1 unspecified atom stereocenters. The maximum absolute atomic E-state index is 12.3. The number of amides is 1. The molecule has 26 heavy (non-hydrogen) atoms. The number of carbonyl (C=O) groups excluding carboxylic acids is 1. The van der Waals surface area contributed by atoms with Crippen LogP contribution >= 0.6 is 11.8 Å². The second-order valence-electron chi connectivity index (χ2n) is 5.52. The maximum Gasteiger partial charge on any atom is 0.284 e. The fraction of sp³-hybridized carbons (Fsp3) is 0.235. The minimum atomic E-state index is -0.395. The van der Waals surface area contributed by atoms with Crippen LogP contribution in [0, 0.1) is 0 Å². The van der Waals surface area contributed by atoms with Crippen molar-refractivity contribution in [3.8, 4) is 23.1 Å². The highest BCUT2D eigenvalue weighted by Gasteiger charge is 2.20. The van der Waals surface area contributed by atoms with E-state index < -0.39 is 5.25 Å². The smallest absolute Gasteiger partial charge is 0.284 e. The van der Waals surface area contributed by atoms with Gasteiger partial charge in [0.25, 0.3) is 11.1 Å². The van der Waals surface area contributed by atoms with E-state index >= 15 is 0 Å². The molecule has 2 aromatic heterocycles. The van der Waals surface area contributed by atoms with E-state index in [2.05, 4.69) is 15.5 Å². The Morgan fingerprint density at radius 3 is 3.00 bits per heavy atom. The van der Waals surface area contributed by atoms with Crippen molar-refractivity contribution in [2.24, 2.45) is 0 Å². The zero-order valence-corrected chi connectivity index (χ0v) is 14.6. The molecule has 1 N–H and O–H groups in total. The predicted molar refractivity (Wildman–Crippen MR) is 91.7 cm³/mol. The third-order valence-electron chi connectivity index (χ3n) is 3.69. The van der Waals surface area contributed by atoms with Crippen molar-refractivity contribution >= 4 is 17.7 Å². The Bertz CT molecular complexity index is 909. The average molecular weight is 373 g/mol. The molecule has 9 heteroatoms. The molecule has 0 saturated carbocycles. The molecule has 1 aliphatic rings. The van der Waals surface area contributed by atoms with Crippen LogP contribution in [0.3, 0.4) is 0 Å². The SMILES string of the molecule is CC(Sc1nnc(-c2ccco2)o1)C(=O)NCc1ccc2c(c1)OCO2. The van der Waals surface area contributed by atoms with Crippen LogP contribution in [-0.2, 0) is 11.3 Å². The number of thioether (sulfide) groups is 1. The van der Waals surface area contributed by atoms with E-state index in [1.54, 1.807) is 19.1 Å². The summed E-state index contributed by atoms with van der Waals surface area (Å²) in [6.45, 7) is 2.39. The van der Waals surface area contributed by atoms with Crippen LogP contribution in [0.4, 0.5) is 0 Å². The molecule has 134 valence electrons. The van der Waals surface area contributed by atoms with Crippen molar-refractivity contribution in [3.05, 3.63) is 42.2 Å². The molecular weight excluding hydrogens is 358 g/mol. The first-order valence-electron chi connectivity index (χ1n) is 7.89. The lowest BCUT2D eigenvalue weighted by Gasteiger charge is -2.10. The van der Waals surface area contributed by atoms with Crippen molar-refractivity contribution in [1.82, 2.24) is 15.5 Å². The summed E-state index contributed by atoms with van der Waals surface area (Å²) in [5.74, 6) is 2.04. The van der Waals surface area contributed by atoms with E-state index in [1.807, 2.05) is 18.2 Å². The quantitative estimate of drug-likeness (QED) is 0.659. The highest BCUT2D eigenvalue weighted by Crippen LogP contribution is 2.32. The first-order valence-corrected chi connectivity index (χ1v) is 8.77. The number of rotatable bonds is 6. The lowest BCUT2D eigenvalue weighted by Crippen LogP contribution is -2.30. The Labute approximate surface area is 152 Å². The number of nitrogens with one attached hydrogen (secondary N) is 1. The number of carbonyl (C=O) groups is 1. The van der Waals surface area contributed by atoms with Crippen LogP contribution < -0.4 is 14.8 Å². The topological polar surface area (TPSA) is 99.6 Å². The summed E-state index contributed by atoms with van der Waals surface area (Å²) in [5, 5.41) is 10.6. The summed E-state index contributed by atoms with van der Waals surface area (Å²) in [7, 11) is 0. The zero-order valence-electron chi connectivity index (χ0n) is 13.8. The molecule has 0 bridgehead atoms. The van der Waals surface area contributed by atoms with Gasteiger partial charge >= 0.3 is 0 Å². The summed E-state index contributed by atoms with van der Waals surface area (Å²) >= 11 is 1.19. The summed E-state index contributed by atoms with van der Waals surface area (Å²) in [6, 6.07) is 9.03. The van der Waals surface area contributed by atoms with Gasteiger partial charge in [-0.1, -0.05) is 17.8 Å². The summed E-state index contributed by atoms with van der Waals surface area (Å²) in [5.41, 5.74) is 0.928. The molecule has 0 radical (unpaired) electrons. The normalized spacial score (nSPS) is 13.6. The molecule has 0 fully saturated rings. The van der Waals surface area contributed by atoms with Gasteiger partial charge in [0, 0.05) is 6.54 Å². The van der Waals surface area contributed by atoms with Gasteiger partial charge in [0.05, 0.1) is 11.5 Å². The zero-order chi connectivity index (χ0) is 17.9. The molecule has 1 atom stereocenters. The van der Waals surface area contributed by atoms with Gasteiger partial charge in [0.2, 0.25) is 12.7 Å². The minimum absolute atomic E-state index is 0.134. The Morgan fingerprint density at radius 2 is 2.15 bits per heavy atom. The molecule has 1 aliphatic heterocycles. The van der Waals surface area contributed by atoms with Gasteiger partial charge in [-0.25, -0.2) is 0 Å². The number of hydrogen-bond acceptors (Lipinski definition) is 8. The predicted octanol–water partition coefficient (Wildman–Crippen LogP) is 2.86. The Kier molecular flexibility index (Phi) is 4.53. The van der Waals surface area contributed by atoms with E-state index in [-0.39, 0.29) is 18.6 Å². The Hall–Kier alpha value is -2.94. The van der Waals surface area contributed by atoms with Gasteiger partial charge in [-0.2, -0.15) is 0 Å². The van der Waals surface area contributed by atoms with Crippen LogP contribution in [0.2, 0.25) is 0 Å². The number of fused-ring (bicyclic) bond motifs is 1. The molecule has 0 spiro atoms. The van der Waals surface area contributed by atoms with Gasteiger partial charge < -0.3 is 23.6 Å². The molecule has 3 aromatic rings. The van der Waals surface area contributed by atoms with Gasteiger partial charge in [-0.05, 0) is 36.8 Å². The van der Waals surface area contributed by atoms with Gasteiger partial charge in [0.15, 0.2) is 17.3 Å². The maximum atomic E-state index is 12.3. The molecule has 3 heterocycles. The largest absolute Gasteiger partial charge is 0.459 e. The number of aromatic nitrogens is 2. The molecule has 1 amide bonds. The van der Waals surface area contributed by atoms with Crippen molar-refractivity contribution in [2.75, 3.05) is 6.79 Å². The number of nitrogens with zero attached hydrogens (tertiary/aromatic N) is 2. The van der Waals surface area contributed by atoms with Crippen LogP contribution in [0.25, 0.3) is 11.7 Å². The number of furan rings is 1. The van der Waals surface area contributed by atoms with E-state index in [1.165, 1.54) is 18.0 Å². The first-order chi connectivity index (χ1) is 12.7. The average Bonchev–Trinajstić information content (AvgIpc) is 3.39. The minimum Gasteiger partial charge on any atom is -0.459 e. The number of hydrogen-bond donors (Lipinski definition) is 1. The summed E-state index contributed by atoms with van der Waals surface area (Å²) in [6.07, 6.45) is 1.53. The van der Waals surface area contributed by atoms with Crippen LogP contribution in [0.1, 0.15) is 12.5 Å². The van der Waals surface area contributed by atoms with Gasteiger partial charge in [0.1, 0.15) is 0 Å². The van der Waals surface area contributed by atoms with Crippen LogP contribution in [0.5, 0.6) is 11.5 Å². The molecular formula is C17H15N3O5S. The molecule has 8 nitrogen and oxygen atoms in total. The molecule has 4 rings (SSSR count). The Morgan fingerprint density at radius 1 is 1.27 bits per heavy atom. The second-order valence-corrected chi connectivity index (χ2v) is 6.81. The van der Waals surface area contributed by atoms with Crippen LogP contribution in [0.15, 0.2) is 50.7 Å². The molecule has 0 saturated heterocycles. The lowest BCUT2D eigenvalue weighted by molar-refractivity contribution is -0.120. The summed E-state index contributed by atoms with van der Waals surface area (Å²) < 4.78 is 21.3. The summed E-state index contributed by atoms with van der Waals surface area (Å²) in [4.78, 5) is 12.3. The fourth-order valence-electron chi connectivity index (χ4n) is 2.35. The standard InChI is InChI=1S/C17H15N3O5S/c1-10(26-17-20-19-16(25-17)13-3-2-6-22-13)15(21)18-8-11-4-5-12-14(7-11)24-9-23-12/h2-7,10H,8-9H2,1H3,(H,18,21). The Balaban J connectivity index is 1.32. The van der Waals surface area contributed by atoms with Crippen molar-refractivity contribution in [2.45, 2.75) is 23.9 Å². The number of benzene rings is 1.